The van der Waals surface area contributed by atoms with Crippen molar-refractivity contribution in [3.05, 3.63) is 0 Å². The van der Waals surface area contributed by atoms with Gasteiger partial charge in [0.05, 0.1) is 6.10 Å². The van der Waals surface area contributed by atoms with Crippen LogP contribution in [0.1, 0.15) is 39.0 Å². The fourth-order valence-corrected chi connectivity index (χ4v) is 3.39. The maximum atomic E-state index is 12.4. The number of carbonyl (C=O) groups excluding carboxylic acids is 3. The number of amides is 2. The first kappa shape index (κ1) is 15.0. The highest BCUT2D eigenvalue weighted by Crippen LogP contribution is 2.38. The summed E-state index contributed by atoms with van der Waals surface area (Å²) < 4.78 is 0. The molecule has 0 spiro atoms. The van der Waals surface area contributed by atoms with E-state index in [9.17, 15) is 19.5 Å². The van der Waals surface area contributed by atoms with Crippen molar-refractivity contribution in [3.63, 3.8) is 0 Å². The number of fused-ring (bicyclic) bond motifs is 1. The number of aliphatic hydroxyl groups is 1. The van der Waals surface area contributed by atoms with Gasteiger partial charge in [-0.1, -0.05) is 0 Å². The summed E-state index contributed by atoms with van der Waals surface area (Å²) in [5, 5.41) is 9.69. The van der Waals surface area contributed by atoms with Gasteiger partial charge in [-0.25, -0.2) is 0 Å². The molecule has 2 aliphatic rings. The van der Waals surface area contributed by atoms with Crippen molar-refractivity contribution < 1.29 is 19.5 Å². The second-order valence-corrected chi connectivity index (χ2v) is 5.98. The largest absolute Gasteiger partial charge is 0.393 e. The number of hydrogen-bond donors (Lipinski definition) is 2. The Balaban J connectivity index is 2.08. The van der Waals surface area contributed by atoms with Crippen LogP contribution in [0.3, 0.4) is 0 Å². The summed E-state index contributed by atoms with van der Waals surface area (Å²) in [5.41, 5.74) is 5.39. The Labute approximate surface area is 118 Å². The van der Waals surface area contributed by atoms with Crippen molar-refractivity contribution in [1.29, 1.82) is 0 Å². The maximum Gasteiger partial charge on any atom is 0.240 e. The van der Waals surface area contributed by atoms with Gasteiger partial charge in [0.25, 0.3) is 0 Å². The highest BCUT2D eigenvalue weighted by atomic mass is 16.3. The summed E-state index contributed by atoms with van der Waals surface area (Å²) in [6, 6.07) is -0.700. The Morgan fingerprint density at radius 2 is 2.15 bits per heavy atom. The van der Waals surface area contributed by atoms with Crippen LogP contribution in [-0.4, -0.2) is 46.3 Å². The zero-order valence-electron chi connectivity index (χ0n) is 11.7. The van der Waals surface area contributed by atoms with Gasteiger partial charge in [-0.05, 0) is 38.5 Å². The van der Waals surface area contributed by atoms with Crippen LogP contribution in [0.25, 0.3) is 0 Å². The second-order valence-electron chi connectivity index (χ2n) is 5.98. The molecule has 2 fully saturated rings. The Hall–Kier alpha value is -1.43. The van der Waals surface area contributed by atoms with Crippen LogP contribution < -0.4 is 5.73 Å². The van der Waals surface area contributed by atoms with E-state index in [4.69, 9.17) is 5.73 Å². The van der Waals surface area contributed by atoms with E-state index in [1.807, 2.05) is 0 Å². The van der Waals surface area contributed by atoms with Crippen LogP contribution in [0.15, 0.2) is 0 Å². The number of carbonyl (C=O) groups is 3. The molecule has 6 nitrogen and oxygen atoms in total. The molecule has 0 aromatic rings. The summed E-state index contributed by atoms with van der Waals surface area (Å²) in [7, 11) is 0. The second kappa shape index (κ2) is 5.91. The van der Waals surface area contributed by atoms with Crippen molar-refractivity contribution in [2.24, 2.45) is 17.6 Å². The summed E-state index contributed by atoms with van der Waals surface area (Å²) in [6.07, 6.45) is 2.08. The van der Waals surface area contributed by atoms with Crippen molar-refractivity contribution in [2.45, 2.75) is 51.2 Å². The number of primary amides is 1. The molecule has 0 aromatic heterocycles. The number of hydrogen-bond acceptors (Lipinski definition) is 4. The number of rotatable bonds is 5. The minimum atomic E-state index is -0.700. The van der Waals surface area contributed by atoms with E-state index in [-0.39, 0.29) is 36.1 Å². The quantitative estimate of drug-likeness (QED) is 0.731. The molecule has 1 saturated carbocycles. The molecule has 20 heavy (non-hydrogen) atoms. The minimum Gasteiger partial charge on any atom is -0.393 e. The van der Waals surface area contributed by atoms with Gasteiger partial charge >= 0.3 is 0 Å². The van der Waals surface area contributed by atoms with Gasteiger partial charge in [0, 0.05) is 18.9 Å². The van der Waals surface area contributed by atoms with E-state index >= 15 is 0 Å². The molecule has 1 aliphatic carbocycles. The van der Waals surface area contributed by atoms with Gasteiger partial charge in [-0.3, -0.25) is 9.59 Å². The Kier molecular flexibility index (Phi) is 4.42. The first-order valence-electron chi connectivity index (χ1n) is 7.17. The number of nitrogens with two attached hydrogens (primary N) is 1. The Morgan fingerprint density at radius 3 is 2.75 bits per heavy atom. The third-order valence-electron chi connectivity index (χ3n) is 4.46. The lowest BCUT2D eigenvalue weighted by atomic mass is 9.80. The smallest absolute Gasteiger partial charge is 0.240 e. The molecular weight excluding hydrogens is 260 g/mol. The molecule has 1 saturated heterocycles. The van der Waals surface area contributed by atoms with Crippen molar-refractivity contribution in [1.82, 2.24) is 4.90 Å². The van der Waals surface area contributed by atoms with E-state index in [1.165, 1.54) is 11.8 Å². The molecule has 0 aromatic carbocycles. The lowest BCUT2D eigenvalue weighted by Crippen LogP contribution is -2.46. The number of ketones is 1. The number of nitrogens with zero attached hydrogens (tertiary/aromatic N) is 1. The molecule has 4 atom stereocenters. The molecule has 0 bridgehead atoms. The number of aliphatic hydroxyl groups excluding tert-OH is 1. The van der Waals surface area contributed by atoms with Gasteiger partial charge in [0.1, 0.15) is 11.8 Å². The van der Waals surface area contributed by atoms with Gasteiger partial charge in [0.15, 0.2) is 0 Å². The molecule has 2 rings (SSSR count). The first-order valence-corrected chi connectivity index (χ1v) is 7.17. The highest BCUT2D eigenvalue weighted by molar-refractivity contribution is 5.89. The normalized spacial score (nSPS) is 31.0. The molecule has 2 amide bonds. The lowest BCUT2D eigenvalue weighted by Gasteiger charge is -2.26. The predicted octanol–water partition coefficient (Wildman–Crippen LogP) is -0.171. The number of Topliss-reactive ketones (excluding diaryl/α,β-unsaturated/α-hetero) is 1. The van der Waals surface area contributed by atoms with Gasteiger partial charge in [0.2, 0.25) is 11.8 Å². The molecule has 112 valence electrons. The third kappa shape index (κ3) is 3.00. The highest BCUT2D eigenvalue weighted by Gasteiger charge is 2.46. The first-order chi connectivity index (χ1) is 9.40. The SMILES string of the molecule is CC(=O)CCC(C(N)=O)N1CC2CC(O)CCC2C1=O. The summed E-state index contributed by atoms with van der Waals surface area (Å²) in [6.45, 7) is 1.92. The lowest BCUT2D eigenvalue weighted by molar-refractivity contribution is -0.139. The van der Waals surface area contributed by atoms with Crippen molar-refractivity contribution in [2.75, 3.05) is 6.54 Å². The van der Waals surface area contributed by atoms with Crippen molar-refractivity contribution in [3.8, 4) is 0 Å². The predicted molar refractivity (Wildman–Crippen MR) is 71.4 cm³/mol. The van der Waals surface area contributed by atoms with Crippen LogP contribution in [-0.2, 0) is 14.4 Å². The average Bonchev–Trinajstić information content (AvgIpc) is 2.66. The third-order valence-corrected chi connectivity index (χ3v) is 4.46. The van der Waals surface area contributed by atoms with Crippen LogP contribution >= 0.6 is 0 Å². The Bertz CT molecular complexity index is 423. The monoisotopic (exact) mass is 282 g/mol. The van der Waals surface area contributed by atoms with Gasteiger partial charge in [-0.2, -0.15) is 0 Å². The minimum absolute atomic E-state index is 0.0178. The summed E-state index contributed by atoms with van der Waals surface area (Å²) >= 11 is 0. The summed E-state index contributed by atoms with van der Waals surface area (Å²) in [5.74, 6) is -0.619. The zero-order chi connectivity index (χ0) is 14.9. The van der Waals surface area contributed by atoms with Crippen LogP contribution in [0.2, 0.25) is 0 Å². The molecule has 4 unspecified atom stereocenters. The average molecular weight is 282 g/mol. The summed E-state index contributed by atoms with van der Waals surface area (Å²) in [4.78, 5) is 36.6. The fraction of sp³-hybridized carbons (Fsp3) is 0.786. The van der Waals surface area contributed by atoms with E-state index in [2.05, 4.69) is 0 Å². The molecule has 1 heterocycles. The van der Waals surface area contributed by atoms with E-state index in [0.717, 1.165) is 0 Å². The maximum absolute atomic E-state index is 12.4. The van der Waals surface area contributed by atoms with Gasteiger partial charge in [-0.15, -0.1) is 0 Å². The Morgan fingerprint density at radius 1 is 1.45 bits per heavy atom. The molecule has 6 heteroatoms. The van der Waals surface area contributed by atoms with Gasteiger partial charge < -0.3 is 20.5 Å². The molecule has 3 N–H and O–H groups in total. The van der Waals surface area contributed by atoms with Crippen LogP contribution in [0, 0.1) is 11.8 Å². The standard InChI is InChI=1S/C14H22N2O4/c1-8(17)2-5-12(13(15)19)16-7-9-6-10(18)3-4-11(9)14(16)20/h9-12,18H,2-7H2,1H3,(H2,15,19). The van der Waals surface area contributed by atoms with E-state index in [1.54, 1.807) is 0 Å². The number of likely N-dealkylation sites (tertiary alicyclic amines) is 1. The zero-order valence-corrected chi connectivity index (χ0v) is 11.7. The van der Waals surface area contributed by atoms with Crippen LogP contribution in [0.5, 0.6) is 0 Å². The van der Waals surface area contributed by atoms with Crippen molar-refractivity contribution >= 4 is 17.6 Å². The topological polar surface area (TPSA) is 101 Å². The van der Waals surface area contributed by atoms with E-state index in [0.29, 0.717) is 32.2 Å². The molecule has 0 radical (unpaired) electrons. The molecular formula is C14H22N2O4. The fourth-order valence-electron chi connectivity index (χ4n) is 3.39. The van der Waals surface area contributed by atoms with Crippen LogP contribution in [0.4, 0.5) is 0 Å². The van der Waals surface area contributed by atoms with E-state index < -0.39 is 11.9 Å². The molecule has 1 aliphatic heterocycles.